The predicted octanol–water partition coefficient (Wildman–Crippen LogP) is 3.63. The Labute approximate surface area is 131 Å². The average Bonchev–Trinajstić information content (AvgIpc) is 2.50. The first-order valence-corrected chi connectivity index (χ1v) is 7.96. The van der Waals surface area contributed by atoms with Gasteiger partial charge in [0.05, 0.1) is 12.2 Å². The summed E-state index contributed by atoms with van der Waals surface area (Å²) >= 11 is 0. The summed E-state index contributed by atoms with van der Waals surface area (Å²) in [5.74, 6) is -0.365. The number of anilines is 1. The molecule has 0 heterocycles. The molecule has 1 fully saturated rings. The van der Waals surface area contributed by atoms with Crippen LogP contribution >= 0.6 is 0 Å². The monoisotopic (exact) mass is 304 g/mol. The quantitative estimate of drug-likeness (QED) is 0.835. The number of urea groups is 1. The highest BCUT2D eigenvalue weighted by molar-refractivity contribution is 5.96. The Morgan fingerprint density at radius 1 is 1.23 bits per heavy atom. The van der Waals surface area contributed by atoms with E-state index in [0.717, 1.165) is 18.4 Å². The Morgan fingerprint density at radius 3 is 2.64 bits per heavy atom. The van der Waals surface area contributed by atoms with E-state index in [9.17, 15) is 9.59 Å². The lowest BCUT2D eigenvalue weighted by molar-refractivity contribution is 0.0525. The molecule has 1 aromatic rings. The van der Waals surface area contributed by atoms with Crippen molar-refractivity contribution in [3.63, 3.8) is 0 Å². The maximum absolute atomic E-state index is 12.1. The normalized spacial score (nSPS) is 15.2. The van der Waals surface area contributed by atoms with E-state index >= 15 is 0 Å². The Hall–Kier alpha value is -2.04. The summed E-state index contributed by atoms with van der Waals surface area (Å²) in [7, 11) is 0. The molecule has 5 nitrogen and oxygen atoms in total. The number of rotatable bonds is 4. The molecule has 120 valence electrons. The van der Waals surface area contributed by atoms with Gasteiger partial charge in [-0.2, -0.15) is 0 Å². The van der Waals surface area contributed by atoms with Crippen LogP contribution in [0.5, 0.6) is 0 Å². The molecule has 0 saturated heterocycles. The van der Waals surface area contributed by atoms with E-state index in [0.29, 0.717) is 17.9 Å². The van der Waals surface area contributed by atoms with Crippen LogP contribution in [-0.2, 0) is 4.74 Å². The van der Waals surface area contributed by atoms with E-state index in [1.54, 1.807) is 25.1 Å². The third-order valence-electron chi connectivity index (χ3n) is 4.02. The molecule has 0 spiro atoms. The number of ether oxygens (including phenoxy) is 1. The van der Waals surface area contributed by atoms with E-state index < -0.39 is 0 Å². The molecule has 22 heavy (non-hydrogen) atoms. The van der Waals surface area contributed by atoms with Gasteiger partial charge in [0.15, 0.2) is 0 Å². The molecule has 1 saturated carbocycles. The zero-order valence-corrected chi connectivity index (χ0v) is 13.3. The second-order valence-electron chi connectivity index (χ2n) is 5.63. The van der Waals surface area contributed by atoms with Crippen molar-refractivity contribution < 1.29 is 14.3 Å². The zero-order chi connectivity index (χ0) is 15.9. The number of benzene rings is 1. The first-order chi connectivity index (χ1) is 10.6. The average molecular weight is 304 g/mol. The lowest BCUT2D eigenvalue weighted by Gasteiger charge is -2.23. The van der Waals surface area contributed by atoms with E-state index in [1.807, 2.05) is 6.92 Å². The second-order valence-corrected chi connectivity index (χ2v) is 5.63. The van der Waals surface area contributed by atoms with E-state index in [1.165, 1.54) is 19.3 Å². The summed E-state index contributed by atoms with van der Waals surface area (Å²) in [6.45, 7) is 3.91. The van der Waals surface area contributed by atoms with Crippen LogP contribution in [0.25, 0.3) is 0 Å². The van der Waals surface area contributed by atoms with Crippen molar-refractivity contribution in [3.05, 3.63) is 29.3 Å². The Balaban J connectivity index is 2.01. The van der Waals surface area contributed by atoms with Crippen molar-refractivity contribution in [2.24, 2.45) is 0 Å². The standard InChI is InChI=1S/C17H24N2O3/c1-3-22-16(20)14-10-7-11-15(12(14)2)19-17(21)18-13-8-5-4-6-9-13/h7,10-11,13H,3-6,8-9H2,1-2H3,(H2,18,19,21). The number of esters is 1. The molecule has 2 N–H and O–H groups in total. The van der Waals surface area contributed by atoms with Crippen LogP contribution in [0.4, 0.5) is 10.5 Å². The molecule has 0 atom stereocenters. The first kappa shape index (κ1) is 16.3. The van der Waals surface area contributed by atoms with Crippen molar-refractivity contribution in [2.45, 2.75) is 52.0 Å². The van der Waals surface area contributed by atoms with E-state index in [2.05, 4.69) is 10.6 Å². The van der Waals surface area contributed by atoms with Crippen LogP contribution in [0, 0.1) is 6.92 Å². The molecule has 0 aromatic heterocycles. The highest BCUT2D eigenvalue weighted by Crippen LogP contribution is 2.21. The smallest absolute Gasteiger partial charge is 0.338 e. The van der Waals surface area contributed by atoms with Gasteiger partial charge in [-0.25, -0.2) is 9.59 Å². The van der Waals surface area contributed by atoms with Gasteiger partial charge in [0.1, 0.15) is 0 Å². The van der Waals surface area contributed by atoms with Crippen LogP contribution in [0.3, 0.4) is 0 Å². The van der Waals surface area contributed by atoms with Gasteiger partial charge in [-0.3, -0.25) is 0 Å². The van der Waals surface area contributed by atoms with Crippen LogP contribution in [0.15, 0.2) is 18.2 Å². The molecule has 5 heteroatoms. The number of carbonyl (C=O) groups excluding carboxylic acids is 2. The maximum atomic E-state index is 12.1. The summed E-state index contributed by atoms with van der Waals surface area (Å²) < 4.78 is 5.02. The minimum atomic E-state index is -0.365. The molecule has 1 aliphatic rings. The summed E-state index contributed by atoms with van der Waals surface area (Å²) in [5.41, 5.74) is 1.84. The number of amides is 2. The topological polar surface area (TPSA) is 67.4 Å². The lowest BCUT2D eigenvalue weighted by atomic mass is 9.96. The Morgan fingerprint density at radius 2 is 1.95 bits per heavy atom. The molecule has 2 rings (SSSR count). The van der Waals surface area contributed by atoms with Crippen molar-refractivity contribution in [1.82, 2.24) is 5.32 Å². The highest BCUT2D eigenvalue weighted by Gasteiger charge is 2.17. The Kier molecular flexibility index (Phi) is 5.81. The van der Waals surface area contributed by atoms with Crippen molar-refractivity contribution in [1.29, 1.82) is 0 Å². The van der Waals surface area contributed by atoms with Crippen LogP contribution in [0.2, 0.25) is 0 Å². The molecule has 0 aliphatic heterocycles. The van der Waals surface area contributed by atoms with Crippen LogP contribution in [0.1, 0.15) is 54.9 Å². The molecule has 1 aromatic carbocycles. The second kappa shape index (κ2) is 7.82. The summed E-state index contributed by atoms with van der Waals surface area (Å²) in [6, 6.07) is 5.28. The van der Waals surface area contributed by atoms with Crippen LogP contribution < -0.4 is 10.6 Å². The minimum absolute atomic E-state index is 0.212. The fourth-order valence-corrected chi connectivity index (χ4v) is 2.79. The van der Waals surface area contributed by atoms with Gasteiger partial charge in [-0.05, 0) is 44.4 Å². The lowest BCUT2D eigenvalue weighted by Crippen LogP contribution is -2.39. The maximum Gasteiger partial charge on any atom is 0.338 e. The third-order valence-corrected chi connectivity index (χ3v) is 4.02. The summed E-state index contributed by atoms with van der Waals surface area (Å²) in [5, 5.41) is 5.84. The molecule has 1 aliphatic carbocycles. The van der Waals surface area contributed by atoms with Gasteiger partial charge in [0.2, 0.25) is 0 Å². The number of hydrogen-bond acceptors (Lipinski definition) is 3. The van der Waals surface area contributed by atoms with E-state index in [-0.39, 0.29) is 18.0 Å². The number of hydrogen-bond donors (Lipinski definition) is 2. The van der Waals surface area contributed by atoms with Crippen molar-refractivity contribution in [2.75, 3.05) is 11.9 Å². The highest BCUT2D eigenvalue weighted by atomic mass is 16.5. The van der Waals surface area contributed by atoms with Gasteiger partial charge in [-0.1, -0.05) is 25.3 Å². The summed E-state index contributed by atoms with van der Waals surface area (Å²) in [4.78, 5) is 24.0. The minimum Gasteiger partial charge on any atom is -0.462 e. The number of nitrogens with one attached hydrogen (secondary N) is 2. The largest absolute Gasteiger partial charge is 0.462 e. The Bertz CT molecular complexity index is 537. The molecule has 0 bridgehead atoms. The van der Waals surface area contributed by atoms with Gasteiger partial charge in [0.25, 0.3) is 0 Å². The van der Waals surface area contributed by atoms with Gasteiger partial charge < -0.3 is 15.4 Å². The predicted molar refractivity (Wildman–Crippen MR) is 86.2 cm³/mol. The third kappa shape index (κ3) is 4.23. The molecular formula is C17H24N2O3. The SMILES string of the molecule is CCOC(=O)c1cccc(NC(=O)NC2CCCCC2)c1C. The van der Waals surface area contributed by atoms with Gasteiger partial charge >= 0.3 is 12.0 Å². The van der Waals surface area contributed by atoms with Gasteiger partial charge in [-0.15, -0.1) is 0 Å². The molecular weight excluding hydrogens is 280 g/mol. The molecule has 0 unspecified atom stereocenters. The van der Waals surface area contributed by atoms with Crippen molar-refractivity contribution >= 4 is 17.7 Å². The van der Waals surface area contributed by atoms with E-state index in [4.69, 9.17) is 4.74 Å². The first-order valence-electron chi connectivity index (χ1n) is 7.96. The molecule has 0 radical (unpaired) electrons. The fourth-order valence-electron chi connectivity index (χ4n) is 2.79. The van der Waals surface area contributed by atoms with Crippen LogP contribution in [-0.4, -0.2) is 24.6 Å². The van der Waals surface area contributed by atoms with Gasteiger partial charge in [0, 0.05) is 11.7 Å². The number of carbonyl (C=O) groups is 2. The van der Waals surface area contributed by atoms with Crippen molar-refractivity contribution in [3.8, 4) is 0 Å². The summed E-state index contributed by atoms with van der Waals surface area (Å²) in [6.07, 6.45) is 5.66. The fraction of sp³-hybridized carbons (Fsp3) is 0.529. The molecule has 2 amide bonds. The zero-order valence-electron chi connectivity index (χ0n) is 13.3.